The van der Waals surface area contributed by atoms with Gasteiger partial charge in [-0.1, -0.05) is 5.92 Å². The van der Waals surface area contributed by atoms with Crippen LogP contribution in [0.4, 0.5) is 13.2 Å². The monoisotopic (exact) mass is 479 g/mol. The van der Waals surface area contributed by atoms with Crippen molar-refractivity contribution in [3.05, 3.63) is 0 Å². The summed E-state index contributed by atoms with van der Waals surface area (Å²) in [7, 11) is 0. The number of alkyl halides is 3. The van der Waals surface area contributed by atoms with Crippen LogP contribution in [-0.4, -0.2) is 90.0 Å². The van der Waals surface area contributed by atoms with E-state index in [0.29, 0.717) is 19.5 Å². The van der Waals surface area contributed by atoms with Crippen molar-refractivity contribution in [1.82, 2.24) is 15.5 Å². The van der Waals surface area contributed by atoms with Gasteiger partial charge >= 0.3 is 18.1 Å². The molecule has 33 heavy (non-hydrogen) atoms. The molecule has 0 aromatic carbocycles. The molecule has 2 saturated heterocycles. The first kappa shape index (κ1) is 28.2. The Morgan fingerprint density at radius 1 is 1.18 bits per heavy atom. The molecule has 2 aliphatic rings. The molecule has 0 aromatic rings. The number of carbonyl (C=O) groups is 4. The largest absolute Gasteiger partial charge is 0.490 e. The van der Waals surface area contributed by atoms with Crippen molar-refractivity contribution < 1.29 is 47.3 Å². The maximum Gasteiger partial charge on any atom is 0.490 e. The Bertz CT molecular complexity index is 733. The molecule has 0 spiro atoms. The Labute approximate surface area is 188 Å². The van der Waals surface area contributed by atoms with Gasteiger partial charge in [0.15, 0.2) is 0 Å². The first-order valence-electron chi connectivity index (χ1n) is 10.3. The highest BCUT2D eigenvalue weighted by Crippen LogP contribution is 2.18. The van der Waals surface area contributed by atoms with Crippen molar-refractivity contribution in [3.63, 3.8) is 0 Å². The van der Waals surface area contributed by atoms with Crippen molar-refractivity contribution in [3.8, 4) is 12.3 Å². The number of piperidine rings is 2. The predicted octanol–water partition coefficient (Wildman–Crippen LogP) is 0.220. The van der Waals surface area contributed by atoms with Gasteiger partial charge in [0.1, 0.15) is 12.6 Å². The molecule has 2 fully saturated rings. The van der Waals surface area contributed by atoms with Gasteiger partial charge in [-0.25, -0.2) is 4.79 Å². The number of aliphatic carboxylic acids is 2. The number of hydrogen-bond donors (Lipinski definition) is 4. The number of rotatable bonds is 7. The lowest BCUT2D eigenvalue weighted by Gasteiger charge is -2.33. The van der Waals surface area contributed by atoms with E-state index in [1.54, 1.807) is 4.90 Å². The maximum absolute atomic E-state index is 12.4. The minimum atomic E-state index is -5.08. The SMILES string of the molecule is C#CC(CC(=O)O)NC(=O)[C@@H]1CCCN(C(=O)COC2CCNCC2)C1.O=C(O)C(F)(F)F. The summed E-state index contributed by atoms with van der Waals surface area (Å²) in [6, 6.07) is -0.839. The second-order valence-electron chi connectivity index (χ2n) is 7.57. The number of carboxylic acids is 2. The molecule has 4 N–H and O–H groups in total. The highest BCUT2D eigenvalue weighted by Gasteiger charge is 2.38. The van der Waals surface area contributed by atoms with Crippen LogP contribution in [0.25, 0.3) is 0 Å². The van der Waals surface area contributed by atoms with E-state index in [4.69, 9.17) is 26.2 Å². The summed E-state index contributed by atoms with van der Waals surface area (Å²) < 4.78 is 37.4. The number of carbonyl (C=O) groups excluding carboxylic acids is 2. The van der Waals surface area contributed by atoms with Gasteiger partial charge in [-0.2, -0.15) is 13.2 Å². The fourth-order valence-electron chi connectivity index (χ4n) is 3.28. The lowest BCUT2D eigenvalue weighted by molar-refractivity contribution is -0.192. The molecule has 186 valence electrons. The Hall–Kier alpha value is -2.85. The number of nitrogens with one attached hydrogen (secondary N) is 2. The van der Waals surface area contributed by atoms with Crippen LogP contribution in [-0.2, 0) is 23.9 Å². The standard InChI is InChI=1S/C18H27N3O5.C2HF3O2/c1-2-14(10-17(23)24)20-18(25)13-4-3-9-21(11-13)16(22)12-26-15-5-7-19-8-6-15;3-2(4,5)1(6)7/h1,13-15,19H,3-12H2,(H,20,25)(H,23,24);(H,6,7)/t13-,14?;/m1./s1. The van der Waals surface area contributed by atoms with Gasteiger partial charge in [0.2, 0.25) is 11.8 Å². The summed E-state index contributed by atoms with van der Waals surface area (Å²) in [6.07, 6.45) is 3.14. The Morgan fingerprint density at radius 3 is 2.30 bits per heavy atom. The molecule has 13 heteroatoms. The van der Waals surface area contributed by atoms with Crippen LogP contribution in [0.15, 0.2) is 0 Å². The minimum absolute atomic E-state index is 0.0327. The second-order valence-corrected chi connectivity index (χ2v) is 7.57. The molecule has 0 aliphatic carbocycles. The van der Waals surface area contributed by atoms with E-state index in [1.165, 1.54) is 0 Å². The molecular weight excluding hydrogens is 451 g/mol. The zero-order chi connectivity index (χ0) is 25.0. The molecule has 0 radical (unpaired) electrons. The highest BCUT2D eigenvalue weighted by atomic mass is 19.4. The Kier molecular flexibility index (Phi) is 11.7. The molecular formula is C20H28F3N3O7. The number of likely N-dealkylation sites (tertiary alicyclic amines) is 1. The molecule has 2 aliphatic heterocycles. The van der Waals surface area contributed by atoms with Gasteiger partial charge in [0.05, 0.1) is 18.4 Å². The zero-order valence-electron chi connectivity index (χ0n) is 17.9. The Balaban J connectivity index is 0.000000675. The van der Waals surface area contributed by atoms with Crippen molar-refractivity contribution >= 4 is 23.8 Å². The third kappa shape index (κ3) is 11.0. The van der Waals surface area contributed by atoms with Crippen LogP contribution >= 0.6 is 0 Å². The topological polar surface area (TPSA) is 145 Å². The molecule has 0 saturated carbocycles. The van der Waals surface area contributed by atoms with Gasteiger partial charge in [-0.15, -0.1) is 6.42 Å². The smallest absolute Gasteiger partial charge is 0.481 e. The van der Waals surface area contributed by atoms with Crippen LogP contribution in [0.5, 0.6) is 0 Å². The summed E-state index contributed by atoms with van der Waals surface area (Å²) in [5.41, 5.74) is 0. The van der Waals surface area contributed by atoms with Gasteiger partial charge in [0.25, 0.3) is 0 Å². The van der Waals surface area contributed by atoms with Crippen LogP contribution in [0.3, 0.4) is 0 Å². The lowest BCUT2D eigenvalue weighted by Crippen LogP contribution is -2.48. The normalized spacial score (nSPS) is 19.9. The number of amides is 2. The molecule has 2 heterocycles. The van der Waals surface area contributed by atoms with E-state index in [2.05, 4.69) is 16.6 Å². The molecule has 2 atom stereocenters. The van der Waals surface area contributed by atoms with E-state index in [-0.39, 0.29) is 36.9 Å². The van der Waals surface area contributed by atoms with E-state index < -0.39 is 24.2 Å². The van der Waals surface area contributed by atoms with Gasteiger partial charge < -0.3 is 30.5 Å². The van der Waals surface area contributed by atoms with E-state index in [0.717, 1.165) is 32.4 Å². The van der Waals surface area contributed by atoms with Crippen LogP contribution < -0.4 is 10.6 Å². The molecule has 2 rings (SSSR count). The molecule has 0 bridgehead atoms. The van der Waals surface area contributed by atoms with Crippen LogP contribution in [0.2, 0.25) is 0 Å². The van der Waals surface area contributed by atoms with E-state index in [1.807, 2.05) is 0 Å². The third-order valence-electron chi connectivity index (χ3n) is 5.01. The van der Waals surface area contributed by atoms with Gasteiger partial charge in [-0.05, 0) is 38.8 Å². The first-order chi connectivity index (χ1) is 15.4. The summed E-state index contributed by atoms with van der Waals surface area (Å²) in [6.45, 7) is 2.75. The quantitative estimate of drug-likeness (QED) is 0.380. The summed E-state index contributed by atoms with van der Waals surface area (Å²) in [5, 5.41) is 21.8. The average molecular weight is 479 g/mol. The van der Waals surface area contributed by atoms with Crippen LogP contribution in [0, 0.1) is 18.3 Å². The summed E-state index contributed by atoms with van der Waals surface area (Å²) in [5.74, 6) is -2.34. The van der Waals surface area contributed by atoms with Crippen molar-refractivity contribution in [2.45, 2.75) is 50.4 Å². The predicted molar refractivity (Wildman–Crippen MR) is 108 cm³/mol. The Morgan fingerprint density at radius 2 is 1.79 bits per heavy atom. The zero-order valence-corrected chi connectivity index (χ0v) is 17.9. The van der Waals surface area contributed by atoms with Crippen molar-refractivity contribution in [2.24, 2.45) is 5.92 Å². The van der Waals surface area contributed by atoms with E-state index >= 15 is 0 Å². The molecule has 2 amide bonds. The highest BCUT2D eigenvalue weighted by molar-refractivity contribution is 5.82. The fraction of sp³-hybridized carbons (Fsp3) is 0.700. The number of terminal acetylenes is 1. The number of ether oxygens (including phenoxy) is 1. The second kappa shape index (κ2) is 13.6. The molecule has 1 unspecified atom stereocenters. The molecule has 0 aromatic heterocycles. The number of carboxylic acid groups (broad SMARTS) is 2. The van der Waals surface area contributed by atoms with Gasteiger partial charge in [-0.3, -0.25) is 14.4 Å². The molecule has 10 nitrogen and oxygen atoms in total. The maximum atomic E-state index is 12.4. The first-order valence-corrected chi connectivity index (χ1v) is 10.3. The summed E-state index contributed by atoms with van der Waals surface area (Å²) in [4.78, 5) is 46.0. The van der Waals surface area contributed by atoms with E-state index in [9.17, 15) is 27.6 Å². The third-order valence-corrected chi connectivity index (χ3v) is 5.01. The fourth-order valence-corrected chi connectivity index (χ4v) is 3.28. The average Bonchev–Trinajstić information content (AvgIpc) is 2.77. The minimum Gasteiger partial charge on any atom is -0.481 e. The number of hydrogen-bond acceptors (Lipinski definition) is 6. The van der Waals surface area contributed by atoms with Crippen molar-refractivity contribution in [2.75, 3.05) is 32.8 Å². The summed E-state index contributed by atoms with van der Waals surface area (Å²) >= 11 is 0. The van der Waals surface area contributed by atoms with Gasteiger partial charge in [0, 0.05) is 13.1 Å². The number of halogens is 3. The van der Waals surface area contributed by atoms with Crippen molar-refractivity contribution in [1.29, 1.82) is 0 Å². The van der Waals surface area contributed by atoms with Crippen LogP contribution in [0.1, 0.15) is 32.1 Å². The number of nitrogens with zero attached hydrogens (tertiary/aromatic N) is 1. The lowest BCUT2D eigenvalue weighted by atomic mass is 9.96.